The van der Waals surface area contributed by atoms with Crippen molar-refractivity contribution in [3.05, 3.63) is 5.28 Å². The number of aromatic nitrogens is 3. The molecule has 0 saturated heterocycles. The number of nitrogens with one attached hydrogen (secondary N) is 2. The predicted octanol–water partition coefficient (Wildman–Crippen LogP) is 1.78. The summed E-state index contributed by atoms with van der Waals surface area (Å²) in [6.07, 6.45) is 0. The van der Waals surface area contributed by atoms with E-state index in [0.717, 1.165) is 10.6 Å². The molecule has 0 spiro atoms. The lowest BCUT2D eigenvalue weighted by molar-refractivity contribution is 0.866. The van der Waals surface area contributed by atoms with Gasteiger partial charge in [-0.1, -0.05) is 0 Å². The van der Waals surface area contributed by atoms with E-state index in [9.17, 15) is 0 Å². The molecule has 1 heterocycles. The van der Waals surface area contributed by atoms with E-state index in [-0.39, 0.29) is 23.2 Å². The van der Waals surface area contributed by atoms with Crippen molar-refractivity contribution in [2.75, 3.05) is 17.2 Å². The maximum Gasteiger partial charge on any atom is 0.228 e. The fraction of sp³-hybridized carbons (Fsp3) is 0.625. The van der Waals surface area contributed by atoms with Crippen LogP contribution in [0.2, 0.25) is 8.11 Å². The monoisotopic (exact) mass is 217 g/mol. The van der Waals surface area contributed by atoms with Gasteiger partial charge in [0.1, 0.15) is 0 Å². The van der Waals surface area contributed by atoms with Crippen molar-refractivity contribution in [1.82, 2.24) is 15.0 Å². The smallest absolute Gasteiger partial charge is 0.228 e. The molecule has 0 aromatic carbocycles. The molecule has 2 N–H and O–H groups in total. The first-order valence-corrected chi connectivity index (χ1v) is 4.79. The second-order valence-electron chi connectivity index (χ2n) is 2.90. The van der Waals surface area contributed by atoms with Crippen LogP contribution in [0.5, 0.6) is 0 Å². The molecular weight excluding hydrogens is 202 g/mol. The second-order valence-corrected chi connectivity index (χ2v) is 3.24. The van der Waals surface area contributed by atoms with E-state index in [2.05, 4.69) is 15.0 Å². The van der Waals surface area contributed by atoms with Crippen molar-refractivity contribution in [3.63, 3.8) is 0 Å². The molecular formula is C8H14ClN5. The van der Waals surface area contributed by atoms with E-state index in [4.69, 9.17) is 14.4 Å². The Labute approximate surface area is 91.2 Å². The first kappa shape index (κ1) is 8.23. The molecule has 78 valence electrons. The summed E-state index contributed by atoms with van der Waals surface area (Å²) in [6.45, 7) is 5.90. The summed E-state index contributed by atoms with van der Waals surface area (Å²) in [4.78, 5) is 11.7. The van der Waals surface area contributed by atoms with E-state index in [1.54, 1.807) is 6.92 Å². The van der Waals surface area contributed by atoms with E-state index in [0.29, 0.717) is 6.54 Å². The summed E-state index contributed by atoms with van der Waals surface area (Å²) in [6, 6.07) is -0.0767. The van der Waals surface area contributed by atoms with Gasteiger partial charge in [-0.15, -0.1) is 0 Å². The van der Waals surface area contributed by atoms with E-state index in [1.165, 1.54) is 0 Å². The molecule has 0 aliphatic carbocycles. The van der Waals surface area contributed by atoms with Crippen molar-refractivity contribution >= 4 is 23.5 Å². The van der Waals surface area contributed by atoms with Gasteiger partial charge < -0.3 is 10.6 Å². The van der Waals surface area contributed by atoms with Crippen LogP contribution in [0, 0.1) is 0 Å². The molecule has 0 fully saturated rings. The standard InChI is InChI=1S/C8H14ClN5/c1-4-10-7-12-6(9)13-8(14-7)11-5(2)3/h5H,4H2,1-3H3,(H2,10,11,12,13,14)/i/hD2. The molecule has 0 saturated carbocycles. The Morgan fingerprint density at radius 3 is 2.57 bits per heavy atom. The van der Waals surface area contributed by atoms with Crippen LogP contribution in [0.3, 0.4) is 0 Å². The summed E-state index contributed by atoms with van der Waals surface area (Å²) in [5, 5.41) is 2.20. The molecule has 1 rings (SSSR count). The molecule has 14 heavy (non-hydrogen) atoms. The molecule has 0 radical (unpaired) electrons. The van der Waals surface area contributed by atoms with Crippen molar-refractivity contribution in [3.8, 4) is 0 Å². The van der Waals surface area contributed by atoms with E-state index in [1.807, 2.05) is 13.8 Å². The fourth-order valence-corrected chi connectivity index (χ4v) is 0.981. The highest BCUT2D eigenvalue weighted by Gasteiger charge is 2.04. The highest BCUT2D eigenvalue weighted by Crippen LogP contribution is 2.09. The lowest BCUT2D eigenvalue weighted by atomic mass is 10.4. The highest BCUT2D eigenvalue weighted by molar-refractivity contribution is 6.28. The largest absolute Gasteiger partial charge is 0.354 e. The third-order valence-corrected chi connectivity index (χ3v) is 1.43. The maximum atomic E-state index is 7.70. The van der Waals surface area contributed by atoms with Crippen molar-refractivity contribution < 1.29 is 2.82 Å². The summed E-state index contributed by atoms with van der Waals surface area (Å²) >= 11 is 5.72. The first-order chi connectivity index (χ1) is 7.45. The molecule has 0 aliphatic heterocycles. The SMILES string of the molecule is [2H]N(CC)c1nc(Cl)nc(N([2H])C(C)C)n1. The Morgan fingerprint density at radius 1 is 1.36 bits per heavy atom. The summed E-state index contributed by atoms with van der Waals surface area (Å²) in [5.74, 6) is 0.297. The van der Waals surface area contributed by atoms with Crippen LogP contribution in [0.15, 0.2) is 0 Å². The topological polar surface area (TPSA) is 62.7 Å². The average Bonchev–Trinajstić information content (AvgIpc) is 2.25. The van der Waals surface area contributed by atoms with Crippen LogP contribution in [-0.4, -0.2) is 27.5 Å². The third-order valence-electron chi connectivity index (χ3n) is 1.26. The minimum absolute atomic E-state index is 0.0106. The minimum Gasteiger partial charge on any atom is -0.354 e. The first-order valence-electron chi connectivity index (χ1n) is 5.31. The van der Waals surface area contributed by atoms with Gasteiger partial charge in [-0.05, 0) is 32.4 Å². The van der Waals surface area contributed by atoms with Gasteiger partial charge in [0.15, 0.2) is 2.82 Å². The highest BCUT2D eigenvalue weighted by atomic mass is 35.5. The van der Waals surface area contributed by atoms with Crippen molar-refractivity contribution in [1.29, 1.82) is 0 Å². The molecule has 0 unspecified atom stereocenters. The van der Waals surface area contributed by atoms with Gasteiger partial charge in [0.2, 0.25) is 17.2 Å². The predicted molar refractivity (Wildman–Crippen MR) is 57.8 cm³/mol. The van der Waals surface area contributed by atoms with Crippen LogP contribution in [0.1, 0.15) is 20.8 Å². The van der Waals surface area contributed by atoms with Crippen LogP contribution in [0.4, 0.5) is 11.9 Å². The third kappa shape index (κ3) is 3.33. The molecule has 5 nitrogen and oxygen atoms in total. The molecule has 0 amide bonds. The van der Waals surface area contributed by atoms with E-state index >= 15 is 0 Å². The Morgan fingerprint density at radius 2 is 2.00 bits per heavy atom. The molecule has 1 aromatic heterocycles. The number of nitrogens with zero attached hydrogens (tertiary/aromatic N) is 3. The Hall–Kier alpha value is -1.10. The van der Waals surface area contributed by atoms with Gasteiger partial charge in [0.05, 0.1) is 0 Å². The normalized spacial score (nSPS) is 12.4. The van der Waals surface area contributed by atoms with Crippen LogP contribution in [0.25, 0.3) is 0 Å². The molecule has 0 bridgehead atoms. The summed E-state index contributed by atoms with van der Waals surface area (Å²) in [5.41, 5.74) is 0. The van der Waals surface area contributed by atoms with Gasteiger partial charge in [-0.2, -0.15) is 15.0 Å². The number of hydrogen-bond donors (Lipinski definition) is 2. The van der Waals surface area contributed by atoms with Crippen molar-refractivity contribution in [2.24, 2.45) is 0 Å². The average molecular weight is 218 g/mol. The van der Waals surface area contributed by atoms with Gasteiger partial charge in [0, 0.05) is 12.6 Å². The zero-order valence-corrected chi connectivity index (χ0v) is 9.15. The maximum absolute atomic E-state index is 7.70. The van der Waals surface area contributed by atoms with Crippen molar-refractivity contribution in [2.45, 2.75) is 26.8 Å². The second kappa shape index (κ2) is 4.95. The summed E-state index contributed by atoms with van der Waals surface area (Å²) in [7, 11) is 0. The molecule has 0 aliphatic rings. The van der Waals surface area contributed by atoms with Crippen LogP contribution in [-0.2, 0) is 0 Å². The zero-order valence-electron chi connectivity index (χ0n) is 10.4. The van der Waals surface area contributed by atoms with Crippen LogP contribution >= 0.6 is 11.6 Å². The van der Waals surface area contributed by atoms with Crippen LogP contribution < -0.4 is 10.6 Å². The lowest BCUT2D eigenvalue weighted by Gasteiger charge is -2.09. The Kier molecular flexibility index (Phi) is 2.91. The fourth-order valence-electron chi connectivity index (χ4n) is 0.830. The zero-order chi connectivity index (χ0) is 12.3. The number of hydrogen-bond acceptors (Lipinski definition) is 5. The Balaban J connectivity index is 3.07. The van der Waals surface area contributed by atoms with Gasteiger partial charge >= 0.3 is 0 Å². The number of anilines is 2. The quantitative estimate of drug-likeness (QED) is 0.805. The number of halogens is 1. The number of rotatable bonds is 4. The van der Waals surface area contributed by atoms with E-state index < -0.39 is 0 Å². The molecule has 6 heteroatoms. The van der Waals surface area contributed by atoms with Gasteiger partial charge in [-0.3, -0.25) is 0 Å². The summed E-state index contributed by atoms with van der Waals surface area (Å²) < 4.78 is 15.2. The van der Waals surface area contributed by atoms with Gasteiger partial charge in [0.25, 0.3) is 0 Å². The minimum atomic E-state index is -0.0767. The lowest BCUT2D eigenvalue weighted by Crippen LogP contribution is -2.14. The van der Waals surface area contributed by atoms with Gasteiger partial charge in [-0.25, -0.2) is 0 Å². The Bertz CT molecular complexity index is 362. The molecule has 0 atom stereocenters. The molecule has 1 aromatic rings.